The van der Waals surface area contributed by atoms with Crippen molar-refractivity contribution in [2.45, 2.75) is 77.2 Å². The molecule has 4 fully saturated rings. The van der Waals surface area contributed by atoms with Gasteiger partial charge in [0.25, 0.3) is 0 Å². The van der Waals surface area contributed by atoms with Crippen LogP contribution in [0.5, 0.6) is 0 Å². The van der Waals surface area contributed by atoms with E-state index in [9.17, 15) is 15.3 Å². The van der Waals surface area contributed by atoms with Crippen molar-refractivity contribution in [3.8, 4) is 0 Å². The topological polar surface area (TPSA) is 60.7 Å². The van der Waals surface area contributed by atoms with E-state index in [-0.39, 0.29) is 17.9 Å². The lowest BCUT2D eigenvalue weighted by Crippen LogP contribution is -2.60. The third-order valence-corrected chi connectivity index (χ3v) is 9.36. The van der Waals surface area contributed by atoms with Crippen LogP contribution in [0.4, 0.5) is 0 Å². The summed E-state index contributed by atoms with van der Waals surface area (Å²) >= 11 is 0. The maximum Gasteiger partial charge on any atom is 0.0905 e. The number of hydrogen-bond acceptors (Lipinski definition) is 3. The molecule has 4 aliphatic carbocycles. The zero-order valence-electron chi connectivity index (χ0n) is 14.9. The normalized spacial score (nSPS) is 58.6. The van der Waals surface area contributed by atoms with Crippen molar-refractivity contribution in [1.29, 1.82) is 0 Å². The summed E-state index contributed by atoms with van der Waals surface area (Å²) in [5.41, 5.74) is -0.102. The lowest BCUT2D eigenvalue weighted by molar-refractivity contribution is -0.187. The van der Waals surface area contributed by atoms with E-state index in [0.29, 0.717) is 23.4 Å². The van der Waals surface area contributed by atoms with E-state index in [1.165, 1.54) is 25.7 Å². The molecule has 0 aliphatic heterocycles. The molecule has 23 heavy (non-hydrogen) atoms. The number of rotatable bonds is 2. The first-order valence-electron chi connectivity index (χ1n) is 9.78. The third-order valence-electron chi connectivity index (χ3n) is 9.36. The first-order valence-corrected chi connectivity index (χ1v) is 9.78. The van der Waals surface area contributed by atoms with E-state index < -0.39 is 5.60 Å². The van der Waals surface area contributed by atoms with E-state index in [0.717, 1.165) is 38.0 Å². The highest BCUT2D eigenvalue weighted by atomic mass is 16.3. The van der Waals surface area contributed by atoms with Gasteiger partial charge in [-0.1, -0.05) is 20.3 Å². The zero-order chi connectivity index (χ0) is 16.5. The predicted octanol–water partition coefficient (Wildman–Crippen LogP) is 3.12. The van der Waals surface area contributed by atoms with E-state index in [1.54, 1.807) is 0 Å². The van der Waals surface area contributed by atoms with Crippen LogP contribution in [0.15, 0.2) is 0 Å². The molecule has 0 amide bonds. The first kappa shape index (κ1) is 16.4. The smallest absolute Gasteiger partial charge is 0.0905 e. The Bertz CT molecular complexity index is 493. The highest BCUT2D eigenvalue weighted by Crippen LogP contribution is 2.75. The molecule has 2 bridgehead atoms. The fourth-order valence-corrected chi connectivity index (χ4v) is 8.00. The average molecular weight is 322 g/mol. The molecule has 3 N–H and O–H groups in total. The number of hydrogen-bond donors (Lipinski definition) is 3. The van der Waals surface area contributed by atoms with Crippen molar-refractivity contribution in [2.24, 2.45) is 34.0 Å². The van der Waals surface area contributed by atoms with Crippen molar-refractivity contribution in [2.75, 3.05) is 13.2 Å². The highest BCUT2D eigenvalue weighted by Gasteiger charge is 2.69. The van der Waals surface area contributed by atoms with Gasteiger partial charge in [0.05, 0.1) is 12.2 Å². The molecule has 1 unspecified atom stereocenters. The van der Waals surface area contributed by atoms with Crippen LogP contribution >= 0.6 is 0 Å². The monoisotopic (exact) mass is 322 g/mol. The minimum absolute atomic E-state index is 0.0744. The van der Waals surface area contributed by atoms with E-state index in [1.807, 2.05) is 0 Å². The van der Waals surface area contributed by atoms with Crippen molar-refractivity contribution < 1.29 is 15.3 Å². The van der Waals surface area contributed by atoms with Crippen molar-refractivity contribution >= 4 is 0 Å². The molecule has 4 aliphatic rings. The summed E-state index contributed by atoms with van der Waals surface area (Å²) in [6.45, 7) is 5.07. The van der Waals surface area contributed by atoms with Gasteiger partial charge in [0.15, 0.2) is 0 Å². The van der Waals surface area contributed by atoms with Gasteiger partial charge < -0.3 is 15.3 Å². The Hall–Kier alpha value is -0.120. The van der Waals surface area contributed by atoms with Crippen molar-refractivity contribution in [1.82, 2.24) is 0 Å². The van der Waals surface area contributed by atoms with Gasteiger partial charge in [-0.05, 0) is 85.4 Å². The summed E-state index contributed by atoms with van der Waals surface area (Å²) in [6, 6.07) is 0. The summed E-state index contributed by atoms with van der Waals surface area (Å²) in [6.07, 6.45) is 10.2. The fraction of sp³-hybridized carbons (Fsp3) is 1.00. The molecule has 0 aromatic rings. The van der Waals surface area contributed by atoms with Gasteiger partial charge in [0, 0.05) is 6.61 Å². The van der Waals surface area contributed by atoms with Crippen LogP contribution in [-0.2, 0) is 0 Å². The Balaban J connectivity index is 1.74. The van der Waals surface area contributed by atoms with Gasteiger partial charge in [-0.3, -0.25) is 0 Å². The molecule has 0 aromatic carbocycles. The Morgan fingerprint density at radius 2 is 1.70 bits per heavy atom. The lowest BCUT2D eigenvalue weighted by Gasteiger charge is -2.65. The minimum atomic E-state index is -0.830. The molecule has 3 nitrogen and oxygen atoms in total. The Kier molecular flexibility index (Phi) is 3.52. The SMILES string of the molecule is C[C@@]1(CO)CCC[C@@]2(C)[C@H]1CC[C@H]1C[C@@H]3C[C@@]12CCC3(O)CO. The van der Waals surface area contributed by atoms with Gasteiger partial charge in [-0.2, -0.15) is 0 Å². The van der Waals surface area contributed by atoms with E-state index >= 15 is 0 Å². The second-order valence-corrected chi connectivity index (χ2v) is 9.96. The molecular formula is C20H34O3. The van der Waals surface area contributed by atoms with Crippen molar-refractivity contribution in [3.63, 3.8) is 0 Å². The molecule has 0 saturated heterocycles. The fourth-order valence-electron chi connectivity index (χ4n) is 8.00. The molecular weight excluding hydrogens is 288 g/mol. The van der Waals surface area contributed by atoms with Gasteiger partial charge in [-0.25, -0.2) is 0 Å². The quantitative estimate of drug-likeness (QED) is 0.732. The van der Waals surface area contributed by atoms with Crippen LogP contribution in [-0.4, -0.2) is 34.1 Å². The van der Waals surface area contributed by atoms with Gasteiger partial charge in [0.2, 0.25) is 0 Å². The standard InChI is InChI=1S/C20H34O3/c1-17(12-21)6-3-7-18(2)16(17)5-4-14-10-15-11-19(14,18)8-9-20(15,23)13-22/h14-16,21-23H,3-13H2,1-2H3/t14-,15+,16-,17-,18-,19-,20?/m0/s1. The van der Waals surface area contributed by atoms with Gasteiger partial charge in [0.1, 0.15) is 0 Å². The Morgan fingerprint density at radius 1 is 0.913 bits per heavy atom. The molecule has 4 saturated carbocycles. The second kappa shape index (κ2) is 4.95. The maximum atomic E-state index is 10.8. The number of fused-ring (bicyclic) bond motifs is 2. The van der Waals surface area contributed by atoms with Crippen molar-refractivity contribution in [3.05, 3.63) is 0 Å². The van der Waals surface area contributed by atoms with Gasteiger partial charge >= 0.3 is 0 Å². The molecule has 4 rings (SSSR count). The molecule has 1 spiro atoms. The molecule has 0 radical (unpaired) electrons. The van der Waals surface area contributed by atoms with Gasteiger partial charge in [-0.15, -0.1) is 0 Å². The molecule has 0 heterocycles. The minimum Gasteiger partial charge on any atom is -0.396 e. The summed E-state index contributed by atoms with van der Waals surface area (Å²) in [5.74, 6) is 1.61. The summed E-state index contributed by atoms with van der Waals surface area (Å²) < 4.78 is 0. The predicted molar refractivity (Wildman–Crippen MR) is 89.8 cm³/mol. The second-order valence-electron chi connectivity index (χ2n) is 9.96. The zero-order valence-corrected chi connectivity index (χ0v) is 14.9. The van der Waals surface area contributed by atoms with E-state index in [2.05, 4.69) is 13.8 Å². The molecule has 0 aromatic heterocycles. The largest absolute Gasteiger partial charge is 0.396 e. The number of aliphatic hydroxyl groups is 3. The summed E-state index contributed by atoms with van der Waals surface area (Å²) in [4.78, 5) is 0. The van der Waals surface area contributed by atoms with Crippen LogP contribution in [0.1, 0.15) is 71.6 Å². The highest BCUT2D eigenvalue weighted by molar-refractivity contribution is 5.18. The summed E-state index contributed by atoms with van der Waals surface area (Å²) in [5, 5.41) is 30.7. The molecule has 3 heteroatoms. The lowest BCUT2D eigenvalue weighted by atomic mass is 9.39. The van der Waals surface area contributed by atoms with Crippen LogP contribution in [0, 0.1) is 34.0 Å². The van der Waals surface area contributed by atoms with Crippen LogP contribution in [0.3, 0.4) is 0 Å². The maximum absolute atomic E-state index is 10.8. The average Bonchev–Trinajstić information content (AvgIpc) is 2.89. The molecule has 132 valence electrons. The Labute approximate surface area is 140 Å². The van der Waals surface area contributed by atoms with Crippen LogP contribution < -0.4 is 0 Å². The first-order chi connectivity index (χ1) is 10.8. The van der Waals surface area contributed by atoms with E-state index in [4.69, 9.17) is 0 Å². The Morgan fingerprint density at radius 3 is 2.39 bits per heavy atom. The van der Waals surface area contributed by atoms with Crippen LogP contribution in [0.2, 0.25) is 0 Å². The number of aliphatic hydroxyl groups excluding tert-OH is 2. The summed E-state index contributed by atoms with van der Waals surface area (Å²) in [7, 11) is 0. The third kappa shape index (κ3) is 1.88. The van der Waals surface area contributed by atoms with Crippen LogP contribution in [0.25, 0.3) is 0 Å². The molecule has 7 atom stereocenters.